The van der Waals surface area contributed by atoms with E-state index in [1.54, 1.807) is 0 Å². The Kier molecular flexibility index (Phi) is 13.3. The van der Waals surface area contributed by atoms with Gasteiger partial charge in [0.1, 0.15) is 20.2 Å². The number of anilines is 1. The summed E-state index contributed by atoms with van der Waals surface area (Å²) in [6.45, 7) is 9.77. The highest BCUT2D eigenvalue weighted by Crippen LogP contribution is 2.47. The van der Waals surface area contributed by atoms with Gasteiger partial charge in [0.15, 0.2) is 5.71 Å². The fourth-order valence-electron chi connectivity index (χ4n) is 7.98. The number of nitrogens with zero attached hydrogens (tertiary/aromatic N) is 3. The third-order valence-corrected chi connectivity index (χ3v) is 11.9. The maximum absolute atomic E-state index is 12.5. The first-order chi connectivity index (χ1) is 24.5. The molecule has 0 spiro atoms. The van der Waals surface area contributed by atoms with E-state index in [0.717, 1.165) is 30.4 Å². The van der Waals surface area contributed by atoms with Crippen LogP contribution in [0.5, 0.6) is 0 Å². The molecule has 1 unspecified atom stereocenters. The van der Waals surface area contributed by atoms with Crippen LogP contribution in [0.2, 0.25) is 0 Å². The van der Waals surface area contributed by atoms with Crippen molar-refractivity contribution in [1.29, 1.82) is 0 Å². The van der Waals surface area contributed by atoms with Gasteiger partial charge in [0.05, 0.1) is 33.2 Å². The first kappa shape index (κ1) is 43.2. The summed E-state index contributed by atoms with van der Waals surface area (Å²) in [6, 6.07) is 25.5. The molecule has 3 aliphatic rings. The molecule has 0 radical (unpaired) electrons. The standard InChI is InChI=1S/C44H55N3O4P.CH4.ClH/c1-43(2)36-17-10-12-19-38(36)45(5)40(43)27-25-33-15-14-16-34(26-28-41-44(3,4)37-18-11-13-20-39(37)46(41)6)42(33)35-23-21-32(22-24-35)31-51-52(48,49)50-30-29-47(7,8)9;;/h10-13,17-28H,14-16,29-31H2,1-9H3;1H4;1H/q+1;;/p-1. The molecule has 2 aliphatic heterocycles. The Balaban J connectivity index is 0.00000325. The maximum atomic E-state index is 12.5. The molecular weight excluding hydrogens is 713 g/mol. The van der Waals surface area contributed by atoms with Gasteiger partial charge in [0.2, 0.25) is 5.69 Å². The van der Waals surface area contributed by atoms with Gasteiger partial charge in [-0.05, 0) is 78.7 Å². The number of likely N-dealkylation sites (N-methyl/N-ethyl adjacent to an activating group) is 2. The largest absolute Gasteiger partial charge is 1.00 e. The molecule has 0 saturated carbocycles. The minimum Gasteiger partial charge on any atom is -1.00 e. The molecule has 0 fully saturated rings. The fraction of sp³-hybridized carbons (Fsp3) is 0.400. The Labute approximate surface area is 330 Å². The van der Waals surface area contributed by atoms with E-state index in [0.29, 0.717) is 11.0 Å². The van der Waals surface area contributed by atoms with E-state index in [1.807, 2.05) is 33.3 Å². The number of allylic oxidation sites excluding steroid dienone is 8. The molecule has 54 heavy (non-hydrogen) atoms. The third kappa shape index (κ3) is 8.94. The summed E-state index contributed by atoms with van der Waals surface area (Å²) in [7, 11) is 5.86. The van der Waals surface area contributed by atoms with E-state index in [-0.39, 0.29) is 43.9 Å². The molecule has 0 N–H and O–H groups in total. The summed E-state index contributed by atoms with van der Waals surface area (Å²) in [5, 5.41) is 0. The molecule has 0 aromatic heterocycles. The first-order valence-corrected chi connectivity index (χ1v) is 19.8. The lowest BCUT2D eigenvalue weighted by atomic mass is 9.79. The minimum absolute atomic E-state index is 0. The number of quaternary nitrogens is 1. The van der Waals surface area contributed by atoms with Crippen LogP contribution in [-0.2, 0) is 31.0 Å². The van der Waals surface area contributed by atoms with Crippen LogP contribution in [0, 0.1) is 0 Å². The SMILES string of the molecule is C.CN1C(=CC=C2CCCC(C=CC3=[N+](C)c4ccccc4C3(C)C)=C2c2ccc(COP(=O)([O-])OCC[N+](C)(C)C)cc2)C(C)(C)c2ccccc21.[Cl-]. The molecular formula is C45H59ClN3O4P. The molecule has 1 atom stereocenters. The van der Waals surface area contributed by atoms with Gasteiger partial charge in [-0.3, -0.25) is 4.57 Å². The van der Waals surface area contributed by atoms with Crippen molar-refractivity contribution >= 4 is 30.5 Å². The first-order valence-electron chi connectivity index (χ1n) is 18.4. The van der Waals surface area contributed by atoms with Gasteiger partial charge in [0.25, 0.3) is 7.82 Å². The van der Waals surface area contributed by atoms with Gasteiger partial charge >= 0.3 is 0 Å². The Morgan fingerprint density at radius 2 is 1.52 bits per heavy atom. The second-order valence-corrected chi connectivity index (χ2v) is 17.8. The molecule has 1 aliphatic carbocycles. The highest BCUT2D eigenvalue weighted by molar-refractivity contribution is 7.45. The van der Waals surface area contributed by atoms with E-state index in [9.17, 15) is 9.46 Å². The van der Waals surface area contributed by atoms with Crippen molar-refractivity contribution in [3.05, 3.63) is 136 Å². The van der Waals surface area contributed by atoms with Crippen LogP contribution in [0.1, 0.15) is 76.6 Å². The fourth-order valence-corrected chi connectivity index (χ4v) is 8.66. The molecule has 3 aromatic rings. The number of hydrogen-bond acceptors (Lipinski definition) is 5. The van der Waals surface area contributed by atoms with E-state index < -0.39 is 7.82 Å². The van der Waals surface area contributed by atoms with Crippen molar-refractivity contribution in [1.82, 2.24) is 0 Å². The van der Waals surface area contributed by atoms with Crippen molar-refractivity contribution in [2.75, 3.05) is 53.3 Å². The smallest absolute Gasteiger partial charge is 0.268 e. The number of hydrogen-bond donors (Lipinski definition) is 0. The predicted molar refractivity (Wildman–Crippen MR) is 219 cm³/mol. The summed E-state index contributed by atoms with van der Waals surface area (Å²) < 4.78 is 25.8. The summed E-state index contributed by atoms with van der Waals surface area (Å²) >= 11 is 0. The highest BCUT2D eigenvalue weighted by atomic mass is 35.5. The van der Waals surface area contributed by atoms with Gasteiger partial charge < -0.3 is 35.7 Å². The number of halogens is 1. The van der Waals surface area contributed by atoms with Crippen molar-refractivity contribution in [3.8, 4) is 0 Å². The number of rotatable bonds is 11. The lowest BCUT2D eigenvalue weighted by molar-refractivity contribution is -0.870. The van der Waals surface area contributed by atoms with Gasteiger partial charge in [-0.15, -0.1) is 0 Å². The summed E-state index contributed by atoms with van der Waals surface area (Å²) in [5.74, 6) is 0. The Morgan fingerprint density at radius 3 is 2.17 bits per heavy atom. The third-order valence-electron chi connectivity index (χ3n) is 10.9. The van der Waals surface area contributed by atoms with Crippen molar-refractivity contribution in [2.45, 2.75) is 71.8 Å². The highest BCUT2D eigenvalue weighted by Gasteiger charge is 2.42. The van der Waals surface area contributed by atoms with Gasteiger partial charge in [-0.2, -0.15) is 4.58 Å². The van der Waals surface area contributed by atoms with Crippen LogP contribution >= 0.6 is 7.82 Å². The average Bonchev–Trinajstić information content (AvgIpc) is 3.41. The molecule has 290 valence electrons. The number of benzene rings is 3. The molecule has 3 aromatic carbocycles. The summed E-state index contributed by atoms with van der Waals surface area (Å²) in [6.07, 6.45) is 12.3. The van der Waals surface area contributed by atoms with Crippen molar-refractivity contribution in [2.24, 2.45) is 0 Å². The topological polar surface area (TPSA) is 64.8 Å². The number of phosphoric ester groups is 1. The lowest BCUT2D eigenvalue weighted by Crippen LogP contribution is -3.00. The Bertz CT molecular complexity index is 2050. The lowest BCUT2D eigenvalue weighted by Gasteiger charge is -2.27. The van der Waals surface area contributed by atoms with E-state index in [1.165, 1.54) is 50.6 Å². The Morgan fingerprint density at radius 1 is 0.870 bits per heavy atom. The molecule has 9 heteroatoms. The average molecular weight is 772 g/mol. The predicted octanol–water partition coefficient (Wildman–Crippen LogP) is 6.47. The molecule has 0 amide bonds. The van der Waals surface area contributed by atoms with Crippen LogP contribution < -0.4 is 22.2 Å². The number of phosphoric acid groups is 1. The zero-order valence-electron chi connectivity index (χ0n) is 32.8. The molecule has 2 heterocycles. The molecule has 0 saturated heterocycles. The van der Waals surface area contributed by atoms with Gasteiger partial charge in [-0.25, -0.2) is 0 Å². The number of fused-ring (bicyclic) bond motifs is 2. The van der Waals surface area contributed by atoms with Gasteiger partial charge in [0, 0.05) is 41.6 Å². The Hall–Kier alpha value is -3.55. The van der Waals surface area contributed by atoms with Crippen molar-refractivity contribution < 1.29 is 40.0 Å². The zero-order chi connectivity index (χ0) is 37.5. The summed E-state index contributed by atoms with van der Waals surface area (Å²) in [5.41, 5.74) is 13.2. The quantitative estimate of drug-likeness (QED) is 0.127. The minimum atomic E-state index is -4.42. The zero-order valence-corrected chi connectivity index (χ0v) is 34.4. The van der Waals surface area contributed by atoms with Crippen molar-refractivity contribution in [3.63, 3.8) is 0 Å². The second-order valence-electron chi connectivity index (χ2n) is 16.4. The molecule has 0 bridgehead atoms. The molecule has 6 rings (SSSR count). The normalized spacial score (nSPS) is 20.2. The van der Waals surface area contributed by atoms with E-state index >= 15 is 0 Å². The monoisotopic (exact) mass is 771 g/mol. The van der Waals surface area contributed by atoms with Crippen LogP contribution in [0.3, 0.4) is 0 Å². The van der Waals surface area contributed by atoms with Crippen LogP contribution in [0.25, 0.3) is 5.57 Å². The summed E-state index contributed by atoms with van der Waals surface area (Å²) in [4.78, 5) is 14.8. The van der Waals surface area contributed by atoms with Crippen LogP contribution in [0.15, 0.2) is 114 Å². The van der Waals surface area contributed by atoms with Gasteiger partial charge in [-0.1, -0.05) is 94.1 Å². The van der Waals surface area contributed by atoms with E-state index in [4.69, 9.17) is 9.05 Å². The van der Waals surface area contributed by atoms with Crippen LogP contribution in [0.4, 0.5) is 11.4 Å². The van der Waals surface area contributed by atoms with Crippen LogP contribution in [-0.4, -0.2) is 63.2 Å². The molecule has 7 nitrogen and oxygen atoms in total. The maximum Gasteiger partial charge on any atom is 0.268 e. The number of para-hydroxylation sites is 2. The van der Waals surface area contributed by atoms with E-state index in [2.05, 4.69) is 136 Å². The second kappa shape index (κ2) is 16.7.